The van der Waals surface area contributed by atoms with E-state index >= 15 is 0 Å². The second-order valence-electron chi connectivity index (χ2n) is 7.46. The fourth-order valence-corrected chi connectivity index (χ4v) is 3.74. The molecule has 184 valence electrons. The predicted molar refractivity (Wildman–Crippen MR) is 131 cm³/mol. The number of carbonyl (C=O) groups is 2. The highest BCUT2D eigenvalue weighted by Crippen LogP contribution is 2.35. The molecule has 0 aliphatic carbocycles. The van der Waals surface area contributed by atoms with E-state index in [2.05, 4.69) is 0 Å². The lowest BCUT2D eigenvalue weighted by Gasteiger charge is -2.25. The minimum atomic E-state index is -1.20. The smallest absolute Gasteiger partial charge is 0.339 e. The number of aromatic carboxylic acids is 1. The molecule has 0 aliphatic heterocycles. The van der Waals surface area contributed by atoms with Crippen molar-refractivity contribution in [2.24, 2.45) is 0 Å². The van der Waals surface area contributed by atoms with E-state index in [1.807, 2.05) is 30.3 Å². The maximum absolute atomic E-state index is 13.3. The first-order valence-electron chi connectivity index (χ1n) is 10.6. The molecule has 0 bridgehead atoms. The lowest BCUT2D eigenvalue weighted by molar-refractivity contribution is -0.134. The van der Waals surface area contributed by atoms with Gasteiger partial charge in [-0.25, -0.2) is 4.79 Å². The van der Waals surface area contributed by atoms with Crippen LogP contribution >= 0.6 is 11.6 Å². The SMILES string of the molecule is COc1cc(OC)c(OC)cc1CN(Cc1ccccc1)C(=O)COc1c(Cl)cccc1C(=O)O. The van der Waals surface area contributed by atoms with Crippen molar-refractivity contribution in [3.63, 3.8) is 0 Å². The topological polar surface area (TPSA) is 94.5 Å². The number of hydrogen-bond donors (Lipinski definition) is 1. The van der Waals surface area contributed by atoms with Crippen LogP contribution in [0.15, 0.2) is 60.7 Å². The molecule has 8 nitrogen and oxygen atoms in total. The first-order chi connectivity index (χ1) is 16.9. The van der Waals surface area contributed by atoms with E-state index in [4.69, 9.17) is 30.5 Å². The number of ether oxygens (including phenoxy) is 4. The van der Waals surface area contributed by atoms with Crippen LogP contribution in [0, 0.1) is 0 Å². The van der Waals surface area contributed by atoms with Crippen LogP contribution in [0.5, 0.6) is 23.0 Å². The summed E-state index contributed by atoms with van der Waals surface area (Å²) in [5.74, 6) is -0.119. The minimum absolute atomic E-state index is 0.0571. The van der Waals surface area contributed by atoms with Crippen LogP contribution in [-0.2, 0) is 17.9 Å². The number of para-hydroxylation sites is 1. The van der Waals surface area contributed by atoms with Crippen molar-refractivity contribution in [1.82, 2.24) is 4.90 Å². The van der Waals surface area contributed by atoms with Crippen LogP contribution in [0.3, 0.4) is 0 Å². The molecule has 35 heavy (non-hydrogen) atoms. The van der Waals surface area contributed by atoms with Crippen molar-refractivity contribution < 1.29 is 33.6 Å². The highest BCUT2D eigenvalue weighted by atomic mass is 35.5. The summed E-state index contributed by atoms with van der Waals surface area (Å²) < 4.78 is 21.9. The molecule has 0 aromatic heterocycles. The third kappa shape index (κ3) is 6.36. The molecule has 0 saturated heterocycles. The zero-order valence-corrected chi connectivity index (χ0v) is 20.4. The molecule has 9 heteroatoms. The third-order valence-corrected chi connectivity index (χ3v) is 5.55. The highest BCUT2D eigenvalue weighted by molar-refractivity contribution is 6.32. The number of methoxy groups -OCH3 is 3. The number of carbonyl (C=O) groups excluding carboxylic acids is 1. The number of carboxylic acids is 1. The van der Waals surface area contributed by atoms with Crippen LogP contribution in [0.25, 0.3) is 0 Å². The molecule has 0 saturated carbocycles. The summed E-state index contributed by atoms with van der Waals surface area (Å²) in [6.45, 7) is 0.0518. The zero-order valence-electron chi connectivity index (χ0n) is 19.6. The number of carboxylic acid groups (broad SMARTS) is 1. The van der Waals surface area contributed by atoms with Gasteiger partial charge in [-0.1, -0.05) is 48.0 Å². The highest BCUT2D eigenvalue weighted by Gasteiger charge is 2.22. The maximum Gasteiger partial charge on any atom is 0.339 e. The van der Waals surface area contributed by atoms with E-state index in [1.165, 1.54) is 39.5 Å². The van der Waals surface area contributed by atoms with E-state index < -0.39 is 12.6 Å². The molecular weight excluding hydrogens is 474 g/mol. The molecule has 3 aromatic rings. The zero-order chi connectivity index (χ0) is 25.4. The Labute approximate surface area is 208 Å². The van der Waals surface area contributed by atoms with Gasteiger partial charge in [0, 0.05) is 24.7 Å². The first-order valence-corrected chi connectivity index (χ1v) is 11.0. The Morgan fingerprint density at radius 2 is 1.51 bits per heavy atom. The monoisotopic (exact) mass is 499 g/mol. The molecule has 1 N–H and O–H groups in total. The fourth-order valence-electron chi connectivity index (χ4n) is 3.51. The number of benzene rings is 3. The van der Waals surface area contributed by atoms with Gasteiger partial charge >= 0.3 is 5.97 Å². The summed E-state index contributed by atoms with van der Waals surface area (Å²) in [7, 11) is 4.58. The molecule has 0 spiro atoms. The fraction of sp³-hybridized carbons (Fsp3) is 0.231. The Kier molecular flexibility index (Phi) is 8.80. The van der Waals surface area contributed by atoms with Gasteiger partial charge in [-0.2, -0.15) is 0 Å². The minimum Gasteiger partial charge on any atom is -0.496 e. The second kappa shape index (κ2) is 12.0. The van der Waals surface area contributed by atoms with Gasteiger partial charge in [0.2, 0.25) is 0 Å². The maximum atomic E-state index is 13.3. The molecule has 3 aromatic carbocycles. The van der Waals surface area contributed by atoms with Gasteiger partial charge in [0.05, 0.1) is 26.4 Å². The van der Waals surface area contributed by atoms with Crippen LogP contribution in [0.1, 0.15) is 21.5 Å². The Hall–Kier alpha value is -3.91. The third-order valence-electron chi connectivity index (χ3n) is 5.25. The number of rotatable bonds is 11. The van der Waals surface area contributed by atoms with Crippen LogP contribution in [-0.4, -0.2) is 49.8 Å². The molecule has 0 unspecified atom stereocenters. The average molecular weight is 500 g/mol. The second-order valence-corrected chi connectivity index (χ2v) is 7.87. The lowest BCUT2D eigenvalue weighted by Crippen LogP contribution is -2.34. The van der Waals surface area contributed by atoms with E-state index in [0.29, 0.717) is 22.8 Å². The molecule has 1 amide bonds. The molecule has 0 aliphatic rings. The average Bonchev–Trinajstić information content (AvgIpc) is 2.87. The summed E-state index contributed by atoms with van der Waals surface area (Å²) in [4.78, 5) is 26.4. The summed E-state index contributed by atoms with van der Waals surface area (Å²) in [5, 5.41) is 9.54. The van der Waals surface area contributed by atoms with Crippen molar-refractivity contribution in [3.8, 4) is 23.0 Å². The number of nitrogens with zero attached hydrogens (tertiary/aromatic N) is 1. The number of hydrogen-bond acceptors (Lipinski definition) is 6. The van der Waals surface area contributed by atoms with Crippen molar-refractivity contribution in [1.29, 1.82) is 0 Å². The standard InChI is InChI=1S/C26H26ClNO7/c1-32-21-13-23(34-3)22(33-2)12-18(21)15-28(14-17-8-5-4-6-9-17)24(29)16-35-25-19(26(30)31)10-7-11-20(25)27/h4-13H,14-16H2,1-3H3,(H,30,31). The Morgan fingerprint density at radius 1 is 0.857 bits per heavy atom. The Morgan fingerprint density at radius 3 is 2.14 bits per heavy atom. The van der Waals surface area contributed by atoms with Gasteiger partial charge in [-0.15, -0.1) is 0 Å². The van der Waals surface area contributed by atoms with Gasteiger partial charge < -0.3 is 29.0 Å². The van der Waals surface area contributed by atoms with Crippen LogP contribution in [0.4, 0.5) is 0 Å². The van der Waals surface area contributed by atoms with E-state index in [-0.39, 0.29) is 35.3 Å². The quantitative estimate of drug-likeness (QED) is 0.409. The van der Waals surface area contributed by atoms with Crippen LogP contribution in [0.2, 0.25) is 5.02 Å². The summed E-state index contributed by atoms with van der Waals surface area (Å²) in [6, 6.07) is 17.3. The Bertz CT molecular complexity index is 1180. The van der Waals surface area contributed by atoms with Gasteiger partial charge in [0.1, 0.15) is 11.3 Å². The van der Waals surface area contributed by atoms with Crippen molar-refractivity contribution in [3.05, 3.63) is 82.4 Å². The van der Waals surface area contributed by atoms with Gasteiger partial charge in [-0.05, 0) is 23.8 Å². The Balaban J connectivity index is 1.90. The summed E-state index contributed by atoms with van der Waals surface area (Å²) in [6.07, 6.45) is 0. The van der Waals surface area contributed by atoms with Gasteiger partial charge in [0.25, 0.3) is 5.91 Å². The molecule has 3 rings (SSSR count). The molecule has 0 fully saturated rings. The lowest BCUT2D eigenvalue weighted by atomic mass is 10.1. The van der Waals surface area contributed by atoms with E-state index in [0.717, 1.165) is 5.56 Å². The van der Waals surface area contributed by atoms with Gasteiger partial charge in [-0.3, -0.25) is 4.79 Å². The number of halogens is 1. The van der Waals surface area contributed by atoms with Crippen molar-refractivity contribution >= 4 is 23.5 Å². The molecule has 0 radical (unpaired) electrons. The molecular formula is C26H26ClNO7. The van der Waals surface area contributed by atoms with E-state index in [9.17, 15) is 14.7 Å². The van der Waals surface area contributed by atoms with Crippen molar-refractivity contribution in [2.75, 3.05) is 27.9 Å². The van der Waals surface area contributed by atoms with Crippen molar-refractivity contribution in [2.45, 2.75) is 13.1 Å². The molecule has 0 atom stereocenters. The summed E-state index contributed by atoms with van der Waals surface area (Å²) in [5.41, 5.74) is 1.48. The first kappa shape index (κ1) is 25.7. The normalized spacial score (nSPS) is 10.4. The van der Waals surface area contributed by atoms with Crippen LogP contribution < -0.4 is 18.9 Å². The number of amides is 1. The summed E-state index contributed by atoms with van der Waals surface area (Å²) >= 11 is 6.14. The predicted octanol–water partition coefficient (Wildman–Crippen LogP) is 4.67. The molecule has 0 heterocycles. The largest absolute Gasteiger partial charge is 0.496 e. The van der Waals surface area contributed by atoms with E-state index in [1.54, 1.807) is 17.0 Å². The van der Waals surface area contributed by atoms with Gasteiger partial charge in [0.15, 0.2) is 23.9 Å².